The minimum atomic E-state index is -0.555. The summed E-state index contributed by atoms with van der Waals surface area (Å²) in [4.78, 5) is 29.6. The number of nitrogens with zero attached hydrogens (tertiary/aromatic N) is 2. The molecule has 0 bridgehead atoms. The molecule has 6 nitrogen and oxygen atoms in total. The van der Waals surface area contributed by atoms with Crippen molar-refractivity contribution in [2.75, 3.05) is 32.7 Å². The van der Waals surface area contributed by atoms with Crippen molar-refractivity contribution < 1.29 is 9.59 Å². The Balaban J connectivity index is 1.21. The molecule has 0 radical (unpaired) electrons. The van der Waals surface area contributed by atoms with Crippen LogP contribution in [0, 0.1) is 5.92 Å². The number of likely N-dealkylation sites (tertiary alicyclic amines) is 2. The molecule has 4 rings (SSSR count). The Morgan fingerprint density at radius 3 is 2.48 bits per heavy atom. The minimum absolute atomic E-state index is 0.0814. The third kappa shape index (κ3) is 4.98. The number of rotatable bonds is 6. The first kappa shape index (κ1) is 20.4. The van der Waals surface area contributed by atoms with Gasteiger partial charge in [-0.25, -0.2) is 0 Å². The van der Waals surface area contributed by atoms with E-state index in [-0.39, 0.29) is 17.7 Å². The van der Waals surface area contributed by atoms with Crippen molar-refractivity contribution in [1.29, 1.82) is 0 Å². The van der Waals surface area contributed by atoms with Gasteiger partial charge in [0.1, 0.15) is 0 Å². The second-order valence-corrected chi connectivity index (χ2v) is 9.04. The van der Waals surface area contributed by atoms with Crippen LogP contribution in [0.1, 0.15) is 44.1 Å². The fourth-order valence-electron chi connectivity index (χ4n) is 4.77. The van der Waals surface area contributed by atoms with E-state index in [0.717, 1.165) is 71.1 Å². The molecule has 1 aromatic carbocycles. The van der Waals surface area contributed by atoms with Gasteiger partial charge in [-0.3, -0.25) is 14.5 Å². The van der Waals surface area contributed by atoms with Crippen LogP contribution in [0.3, 0.4) is 0 Å². The zero-order valence-electron chi connectivity index (χ0n) is 17.3. The third-order valence-corrected chi connectivity index (χ3v) is 6.86. The van der Waals surface area contributed by atoms with Gasteiger partial charge in [0.05, 0.1) is 11.5 Å². The number of benzene rings is 1. The van der Waals surface area contributed by atoms with Crippen LogP contribution < -0.4 is 11.1 Å². The van der Waals surface area contributed by atoms with Crippen LogP contribution in [-0.2, 0) is 16.0 Å². The average molecular weight is 399 g/mol. The summed E-state index contributed by atoms with van der Waals surface area (Å²) in [5, 5.41) is 3.14. The van der Waals surface area contributed by atoms with Crippen LogP contribution in [0.25, 0.3) is 0 Å². The number of amides is 2. The number of nitrogens with two attached hydrogens (primary N) is 1. The Bertz CT molecular complexity index is 711. The second kappa shape index (κ2) is 8.84. The number of carbonyl (C=O) groups is 2. The summed E-state index contributed by atoms with van der Waals surface area (Å²) in [5.41, 5.74) is 6.78. The van der Waals surface area contributed by atoms with E-state index in [0.29, 0.717) is 12.6 Å². The van der Waals surface area contributed by atoms with E-state index in [4.69, 9.17) is 5.73 Å². The molecule has 2 aliphatic heterocycles. The molecule has 0 aromatic heterocycles. The number of nitrogens with one attached hydrogen (secondary N) is 1. The predicted molar refractivity (Wildman–Crippen MR) is 113 cm³/mol. The summed E-state index contributed by atoms with van der Waals surface area (Å²) >= 11 is 0. The molecule has 29 heavy (non-hydrogen) atoms. The lowest BCUT2D eigenvalue weighted by Crippen LogP contribution is -2.54. The summed E-state index contributed by atoms with van der Waals surface area (Å²) < 4.78 is 0. The molecule has 2 heterocycles. The van der Waals surface area contributed by atoms with Gasteiger partial charge in [0.25, 0.3) is 0 Å². The highest BCUT2D eigenvalue weighted by Gasteiger charge is 2.48. The maximum absolute atomic E-state index is 12.7. The molecule has 6 heteroatoms. The van der Waals surface area contributed by atoms with E-state index in [9.17, 15) is 9.59 Å². The molecule has 1 aromatic rings. The van der Waals surface area contributed by atoms with Crippen molar-refractivity contribution in [3.8, 4) is 0 Å². The summed E-state index contributed by atoms with van der Waals surface area (Å²) in [7, 11) is 0. The molecular formula is C23H34N4O2. The van der Waals surface area contributed by atoms with Gasteiger partial charge in [-0.2, -0.15) is 0 Å². The maximum atomic E-state index is 12.7. The Morgan fingerprint density at radius 1 is 1.07 bits per heavy atom. The van der Waals surface area contributed by atoms with Gasteiger partial charge in [-0.05, 0) is 57.1 Å². The Morgan fingerprint density at radius 2 is 1.79 bits per heavy atom. The van der Waals surface area contributed by atoms with E-state index in [1.807, 2.05) is 23.1 Å². The molecule has 1 atom stereocenters. The monoisotopic (exact) mass is 398 g/mol. The highest BCUT2D eigenvalue weighted by atomic mass is 16.2. The van der Waals surface area contributed by atoms with E-state index >= 15 is 0 Å². The smallest absolute Gasteiger partial charge is 0.242 e. The van der Waals surface area contributed by atoms with Gasteiger partial charge >= 0.3 is 0 Å². The molecule has 3 fully saturated rings. The molecule has 2 saturated heterocycles. The van der Waals surface area contributed by atoms with Crippen LogP contribution in [0.15, 0.2) is 30.3 Å². The number of hydrogen-bond acceptors (Lipinski definition) is 4. The van der Waals surface area contributed by atoms with Gasteiger partial charge in [0.15, 0.2) is 0 Å². The molecule has 1 unspecified atom stereocenters. The quantitative estimate of drug-likeness (QED) is 0.762. The van der Waals surface area contributed by atoms with Crippen LogP contribution in [-0.4, -0.2) is 65.9 Å². The van der Waals surface area contributed by atoms with Crippen molar-refractivity contribution >= 4 is 11.8 Å². The largest absolute Gasteiger partial charge is 0.355 e. The Labute approximate surface area is 173 Å². The van der Waals surface area contributed by atoms with E-state index in [1.54, 1.807) is 0 Å². The van der Waals surface area contributed by atoms with Crippen LogP contribution in [0.5, 0.6) is 0 Å². The summed E-state index contributed by atoms with van der Waals surface area (Å²) in [6.07, 6.45) is 6.56. The number of carbonyl (C=O) groups excluding carboxylic acids is 2. The first-order valence-corrected chi connectivity index (χ1v) is 11.2. The number of hydrogen-bond donors (Lipinski definition) is 2. The fourth-order valence-corrected chi connectivity index (χ4v) is 4.77. The van der Waals surface area contributed by atoms with Crippen molar-refractivity contribution in [2.24, 2.45) is 11.7 Å². The molecule has 1 saturated carbocycles. The number of piperidine rings is 2. The molecule has 2 amide bonds. The predicted octanol–water partition coefficient (Wildman–Crippen LogP) is 1.54. The van der Waals surface area contributed by atoms with Crippen LogP contribution in [0.2, 0.25) is 0 Å². The molecule has 158 valence electrons. The first-order valence-electron chi connectivity index (χ1n) is 11.2. The molecule has 3 N–H and O–H groups in total. The van der Waals surface area contributed by atoms with Crippen molar-refractivity contribution in [3.63, 3.8) is 0 Å². The zero-order chi connectivity index (χ0) is 20.3. The molecule has 0 spiro atoms. The van der Waals surface area contributed by atoms with Gasteiger partial charge < -0.3 is 16.0 Å². The average Bonchev–Trinajstić information content (AvgIpc) is 3.52. The summed E-state index contributed by atoms with van der Waals surface area (Å²) in [5.74, 6) is 0.417. The highest BCUT2D eigenvalue weighted by molar-refractivity contribution is 5.89. The Kier molecular flexibility index (Phi) is 6.20. The van der Waals surface area contributed by atoms with E-state index in [2.05, 4.69) is 22.3 Å². The van der Waals surface area contributed by atoms with E-state index in [1.165, 1.54) is 5.56 Å². The lowest BCUT2D eigenvalue weighted by atomic mass is 9.93. The topological polar surface area (TPSA) is 78.7 Å². The van der Waals surface area contributed by atoms with Gasteiger partial charge in [0, 0.05) is 32.2 Å². The van der Waals surface area contributed by atoms with Crippen molar-refractivity contribution in [3.05, 3.63) is 35.9 Å². The third-order valence-electron chi connectivity index (χ3n) is 6.86. The normalized spacial score (nSPS) is 24.9. The maximum Gasteiger partial charge on any atom is 0.242 e. The summed E-state index contributed by atoms with van der Waals surface area (Å²) in [6, 6.07) is 10.8. The SMILES string of the molecule is NC1(C(=O)N2CCC(N3CCCC(C(=O)NCCc4ccccc4)C3)CC2)CC1. The molecule has 1 aliphatic carbocycles. The van der Waals surface area contributed by atoms with Gasteiger partial charge in [-0.15, -0.1) is 0 Å². The van der Waals surface area contributed by atoms with Crippen molar-refractivity contribution in [1.82, 2.24) is 15.1 Å². The second-order valence-electron chi connectivity index (χ2n) is 9.04. The summed E-state index contributed by atoms with van der Waals surface area (Å²) in [6.45, 7) is 4.20. The minimum Gasteiger partial charge on any atom is -0.355 e. The lowest BCUT2D eigenvalue weighted by Gasteiger charge is -2.42. The van der Waals surface area contributed by atoms with Crippen LogP contribution in [0.4, 0.5) is 0 Å². The van der Waals surface area contributed by atoms with Crippen LogP contribution >= 0.6 is 0 Å². The zero-order valence-corrected chi connectivity index (χ0v) is 17.3. The van der Waals surface area contributed by atoms with Gasteiger partial charge in [-0.1, -0.05) is 30.3 Å². The highest BCUT2D eigenvalue weighted by Crippen LogP contribution is 2.35. The Hall–Kier alpha value is -1.92. The lowest BCUT2D eigenvalue weighted by molar-refractivity contribution is -0.135. The fraction of sp³-hybridized carbons (Fsp3) is 0.652. The van der Waals surface area contributed by atoms with Gasteiger partial charge in [0.2, 0.25) is 11.8 Å². The standard InChI is InChI=1S/C23H34N4O2/c24-23(11-12-23)22(29)26-15-9-20(10-16-26)27-14-4-7-19(17-27)21(28)25-13-8-18-5-2-1-3-6-18/h1-3,5-6,19-20H,4,7-17,24H2,(H,25,28). The van der Waals surface area contributed by atoms with E-state index < -0.39 is 5.54 Å². The first-order chi connectivity index (χ1) is 14.0. The molecular weight excluding hydrogens is 364 g/mol. The molecule has 3 aliphatic rings. The van der Waals surface area contributed by atoms with Crippen molar-refractivity contribution in [2.45, 2.75) is 56.5 Å².